The molecule has 18 heavy (non-hydrogen) atoms. The maximum atomic E-state index is 11.9. The third-order valence-corrected chi connectivity index (χ3v) is 2.49. The highest BCUT2D eigenvalue weighted by atomic mass is 16.3. The van der Waals surface area contributed by atoms with Crippen molar-refractivity contribution in [1.29, 1.82) is 0 Å². The standard InChI is InChI=1S/C12H16N2O4/c1-2-14(7-12(13)18)6-11(17)8-3-4-9(15)10(16)5-8/h3-5,15-16H,2,6-7H2,1H3,(H2,13,18). The van der Waals surface area contributed by atoms with Crippen LogP contribution in [0.15, 0.2) is 18.2 Å². The van der Waals surface area contributed by atoms with Gasteiger partial charge in [-0.2, -0.15) is 0 Å². The van der Waals surface area contributed by atoms with Crippen LogP contribution in [0.3, 0.4) is 0 Å². The van der Waals surface area contributed by atoms with Crippen LogP contribution in [-0.2, 0) is 4.79 Å². The van der Waals surface area contributed by atoms with Crippen LogP contribution < -0.4 is 5.73 Å². The summed E-state index contributed by atoms with van der Waals surface area (Å²) in [5, 5.41) is 18.4. The quantitative estimate of drug-likeness (QED) is 0.491. The molecule has 1 aromatic carbocycles. The van der Waals surface area contributed by atoms with Crippen LogP contribution in [0.25, 0.3) is 0 Å². The molecule has 0 saturated heterocycles. The first kappa shape index (κ1) is 14.0. The molecule has 0 spiro atoms. The van der Waals surface area contributed by atoms with Gasteiger partial charge in [-0.25, -0.2) is 0 Å². The molecule has 0 bridgehead atoms. The van der Waals surface area contributed by atoms with Gasteiger partial charge in [0.05, 0.1) is 13.1 Å². The summed E-state index contributed by atoms with van der Waals surface area (Å²) in [6.45, 7) is 2.36. The van der Waals surface area contributed by atoms with Gasteiger partial charge in [-0.1, -0.05) is 6.92 Å². The van der Waals surface area contributed by atoms with E-state index in [-0.39, 0.29) is 35.9 Å². The number of phenols is 2. The molecule has 1 rings (SSSR count). The van der Waals surface area contributed by atoms with Gasteiger partial charge < -0.3 is 15.9 Å². The third kappa shape index (κ3) is 3.74. The van der Waals surface area contributed by atoms with E-state index in [1.807, 2.05) is 6.92 Å². The number of nitrogens with zero attached hydrogens (tertiary/aromatic N) is 1. The Morgan fingerprint density at radius 3 is 2.39 bits per heavy atom. The zero-order chi connectivity index (χ0) is 13.7. The van der Waals surface area contributed by atoms with Gasteiger partial charge in [-0.05, 0) is 24.7 Å². The molecule has 1 amide bonds. The maximum Gasteiger partial charge on any atom is 0.231 e. The number of carbonyl (C=O) groups is 2. The second kappa shape index (κ2) is 6.02. The molecule has 98 valence electrons. The normalized spacial score (nSPS) is 10.6. The topological polar surface area (TPSA) is 104 Å². The Balaban J connectivity index is 2.74. The summed E-state index contributed by atoms with van der Waals surface area (Å²) >= 11 is 0. The summed E-state index contributed by atoms with van der Waals surface area (Å²) in [6.07, 6.45) is 0. The molecule has 0 atom stereocenters. The number of likely N-dealkylation sites (N-methyl/N-ethyl adjacent to an activating group) is 1. The van der Waals surface area contributed by atoms with Crippen molar-refractivity contribution >= 4 is 11.7 Å². The average molecular weight is 252 g/mol. The van der Waals surface area contributed by atoms with Gasteiger partial charge in [0.2, 0.25) is 5.91 Å². The number of aromatic hydroxyl groups is 2. The van der Waals surface area contributed by atoms with Gasteiger partial charge in [0.25, 0.3) is 0 Å². The minimum atomic E-state index is -0.502. The largest absolute Gasteiger partial charge is 0.504 e. The summed E-state index contributed by atoms with van der Waals surface area (Å²) in [5.41, 5.74) is 5.33. The van der Waals surface area contributed by atoms with Crippen LogP contribution in [0.2, 0.25) is 0 Å². The Hall–Kier alpha value is -2.08. The highest BCUT2D eigenvalue weighted by Crippen LogP contribution is 2.25. The van der Waals surface area contributed by atoms with Gasteiger partial charge >= 0.3 is 0 Å². The number of nitrogens with two attached hydrogens (primary N) is 1. The molecular weight excluding hydrogens is 236 g/mol. The first-order chi connectivity index (χ1) is 8.43. The lowest BCUT2D eigenvalue weighted by Gasteiger charge is -2.17. The van der Waals surface area contributed by atoms with Crippen molar-refractivity contribution in [2.45, 2.75) is 6.92 Å². The van der Waals surface area contributed by atoms with E-state index in [4.69, 9.17) is 10.8 Å². The Kier molecular flexibility index (Phi) is 4.67. The molecule has 0 unspecified atom stereocenters. The van der Waals surface area contributed by atoms with Crippen molar-refractivity contribution in [1.82, 2.24) is 4.90 Å². The highest BCUT2D eigenvalue weighted by Gasteiger charge is 2.14. The summed E-state index contributed by atoms with van der Waals surface area (Å²) in [7, 11) is 0. The molecule has 0 aliphatic heterocycles. The van der Waals surface area contributed by atoms with Crippen molar-refractivity contribution in [3.05, 3.63) is 23.8 Å². The first-order valence-corrected chi connectivity index (χ1v) is 5.50. The zero-order valence-corrected chi connectivity index (χ0v) is 10.1. The van der Waals surface area contributed by atoms with Crippen molar-refractivity contribution in [3.63, 3.8) is 0 Å². The Morgan fingerprint density at radius 2 is 1.89 bits per heavy atom. The Morgan fingerprint density at radius 1 is 1.22 bits per heavy atom. The zero-order valence-electron chi connectivity index (χ0n) is 10.1. The number of rotatable bonds is 6. The van der Waals surface area contributed by atoms with Crippen molar-refractivity contribution in [2.75, 3.05) is 19.6 Å². The van der Waals surface area contributed by atoms with Crippen molar-refractivity contribution in [2.24, 2.45) is 5.73 Å². The molecule has 0 fully saturated rings. The molecular formula is C12H16N2O4. The van der Waals surface area contributed by atoms with Crippen molar-refractivity contribution in [3.8, 4) is 11.5 Å². The first-order valence-electron chi connectivity index (χ1n) is 5.50. The lowest BCUT2D eigenvalue weighted by atomic mass is 10.1. The fourth-order valence-corrected chi connectivity index (χ4v) is 1.49. The van der Waals surface area contributed by atoms with Gasteiger partial charge in [0.15, 0.2) is 17.3 Å². The van der Waals surface area contributed by atoms with Crippen LogP contribution in [0.5, 0.6) is 11.5 Å². The Bertz CT molecular complexity index is 459. The van der Waals surface area contributed by atoms with Gasteiger partial charge in [-0.3, -0.25) is 14.5 Å². The molecule has 6 heteroatoms. The Labute approximate surface area is 105 Å². The van der Waals surface area contributed by atoms with E-state index in [2.05, 4.69) is 0 Å². The number of primary amides is 1. The fourth-order valence-electron chi connectivity index (χ4n) is 1.49. The molecule has 0 heterocycles. The summed E-state index contributed by atoms with van der Waals surface area (Å²) in [5.74, 6) is -1.39. The second-order valence-corrected chi connectivity index (χ2v) is 3.90. The predicted molar refractivity (Wildman–Crippen MR) is 65.4 cm³/mol. The molecule has 0 aromatic heterocycles. The van der Waals surface area contributed by atoms with E-state index in [0.29, 0.717) is 6.54 Å². The lowest BCUT2D eigenvalue weighted by Crippen LogP contribution is -2.37. The molecule has 1 aromatic rings. The second-order valence-electron chi connectivity index (χ2n) is 3.90. The van der Waals surface area contributed by atoms with Gasteiger partial charge in [0, 0.05) is 5.56 Å². The lowest BCUT2D eigenvalue weighted by molar-refractivity contribution is -0.118. The number of carbonyl (C=O) groups excluding carboxylic acids is 2. The van der Waals surface area contributed by atoms with Gasteiger partial charge in [-0.15, -0.1) is 0 Å². The van der Waals surface area contributed by atoms with Crippen LogP contribution in [-0.4, -0.2) is 46.4 Å². The number of ketones is 1. The monoisotopic (exact) mass is 252 g/mol. The van der Waals surface area contributed by atoms with Crippen LogP contribution in [0.4, 0.5) is 0 Å². The van der Waals surface area contributed by atoms with E-state index >= 15 is 0 Å². The molecule has 0 saturated carbocycles. The highest BCUT2D eigenvalue weighted by molar-refractivity contribution is 5.98. The van der Waals surface area contributed by atoms with Crippen molar-refractivity contribution < 1.29 is 19.8 Å². The van der Waals surface area contributed by atoms with E-state index < -0.39 is 5.91 Å². The fraction of sp³-hybridized carbons (Fsp3) is 0.333. The van der Waals surface area contributed by atoms with Crippen LogP contribution >= 0.6 is 0 Å². The number of Topliss-reactive ketones (excluding diaryl/α,β-unsaturated/α-hetero) is 1. The number of amides is 1. The third-order valence-electron chi connectivity index (χ3n) is 2.49. The minimum Gasteiger partial charge on any atom is -0.504 e. The number of benzene rings is 1. The average Bonchev–Trinajstić information content (AvgIpc) is 2.31. The maximum absolute atomic E-state index is 11.9. The molecule has 0 aliphatic carbocycles. The number of hydrogen-bond donors (Lipinski definition) is 3. The SMILES string of the molecule is CCN(CC(N)=O)CC(=O)c1ccc(O)c(O)c1. The van der Waals surface area contributed by atoms with E-state index in [1.165, 1.54) is 18.2 Å². The smallest absolute Gasteiger partial charge is 0.231 e. The summed E-state index contributed by atoms with van der Waals surface area (Å²) < 4.78 is 0. The number of hydrogen-bond acceptors (Lipinski definition) is 5. The van der Waals surface area contributed by atoms with Gasteiger partial charge in [0.1, 0.15) is 0 Å². The predicted octanol–water partition coefficient (Wildman–Crippen LogP) is 0.0877. The van der Waals surface area contributed by atoms with E-state index in [1.54, 1.807) is 4.90 Å². The molecule has 0 aliphatic rings. The molecule has 4 N–H and O–H groups in total. The molecule has 6 nitrogen and oxygen atoms in total. The number of phenolic OH excluding ortho intramolecular Hbond substituents is 2. The minimum absolute atomic E-state index is 0.00626. The van der Waals surface area contributed by atoms with Crippen LogP contribution in [0.1, 0.15) is 17.3 Å². The molecule has 0 radical (unpaired) electrons. The van der Waals surface area contributed by atoms with E-state index in [0.717, 1.165) is 0 Å². The van der Waals surface area contributed by atoms with E-state index in [9.17, 15) is 14.7 Å². The summed E-state index contributed by atoms with van der Waals surface area (Å²) in [4.78, 5) is 24.2. The van der Waals surface area contributed by atoms with Crippen LogP contribution in [0, 0.1) is 0 Å². The summed E-state index contributed by atoms with van der Waals surface area (Å²) in [6, 6.07) is 3.85.